The summed E-state index contributed by atoms with van der Waals surface area (Å²) in [4.78, 5) is 8.46. The third-order valence-electron chi connectivity index (χ3n) is 2.97. The lowest BCUT2D eigenvalue weighted by molar-refractivity contribution is 0.407. The molecule has 2 rings (SSSR count). The fraction of sp³-hybridized carbons (Fsp3) is 0.333. The number of aromatic nitrogens is 2. The Labute approximate surface area is 117 Å². The molecule has 0 saturated carbocycles. The lowest BCUT2D eigenvalue weighted by Crippen LogP contribution is -2.02. The predicted molar refractivity (Wildman–Crippen MR) is 76.5 cm³/mol. The summed E-state index contributed by atoms with van der Waals surface area (Å²) in [6.45, 7) is 7.70. The van der Waals surface area contributed by atoms with E-state index < -0.39 is 5.82 Å². The van der Waals surface area contributed by atoms with E-state index in [1.54, 1.807) is 13.0 Å². The average molecular weight is 275 g/mol. The molecule has 0 atom stereocenters. The van der Waals surface area contributed by atoms with Crippen LogP contribution in [0.4, 0.5) is 10.1 Å². The third-order valence-corrected chi connectivity index (χ3v) is 2.97. The number of rotatable bonds is 3. The molecule has 0 radical (unpaired) electrons. The highest BCUT2D eigenvalue weighted by Crippen LogP contribution is 2.27. The Morgan fingerprint density at radius 1 is 1.15 bits per heavy atom. The van der Waals surface area contributed by atoms with Gasteiger partial charge in [0.05, 0.1) is 5.69 Å². The monoisotopic (exact) mass is 275 g/mol. The standard InChI is InChI=1S/C15H18FN3O/c1-8(2)13-6-10(4)18-15(19-13)20-14-5-9(3)12(17)7-11(14)16/h5-8H,17H2,1-4H3. The van der Waals surface area contributed by atoms with Crippen molar-refractivity contribution in [2.75, 3.05) is 5.73 Å². The zero-order valence-corrected chi connectivity index (χ0v) is 12.1. The number of halogens is 1. The Morgan fingerprint density at radius 2 is 1.85 bits per heavy atom. The largest absolute Gasteiger partial charge is 0.421 e. The van der Waals surface area contributed by atoms with Crippen LogP contribution in [0, 0.1) is 19.7 Å². The average Bonchev–Trinajstić information content (AvgIpc) is 2.35. The smallest absolute Gasteiger partial charge is 0.322 e. The summed E-state index contributed by atoms with van der Waals surface area (Å²) in [7, 11) is 0. The molecule has 106 valence electrons. The van der Waals surface area contributed by atoms with E-state index in [0.717, 1.165) is 17.0 Å². The van der Waals surface area contributed by atoms with Crippen LogP contribution in [-0.2, 0) is 0 Å². The maximum atomic E-state index is 13.8. The first kappa shape index (κ1) is 14.2. The molecule has 0 amide bonds. The first-order chi connectivity index (χ1) is 9.36. The minimum Gasteiger partial charge on any atom is -0.421 e. The Hall–Kier alpha value is -2.17. The second-order valence-electron chi connectivity index (χ2n) is 5.11. The van der Waals surface area contributed by atoms with Crippen molar-refractivity contribution in [3.8, 4) is 11.8 Å². The second-order valence-corrected chi connectivity index (χ2v) is 5.11. The Morgan fingerprint density at radius 3 is 2.50 bits per heavy atom. The molecule has 0 saturated heterocycles. The molecule has 0 fully saturated rings. The summed E-state index contributed by atoms with van der Waals surface area (Å²) in [5.74, 6) is -0.196. The molecule has 1 aromatic carbocycles. The van der Waals surface area contributed by atoms with Crippen molar-refractivity contribution in [2.45, 2.75) is 33.6 Å². The van der Waals surface area contributed by atoms with Gasteiger partial charge in [0.25, 0.3) is 0 Å². The van der Waals surface area contributed by atoms with Gasteiger partial charge in [-0.15, -0.1) is 0 Å². The van der Waals surface area contributed by atoms with Crippen LogP contribution in [-0.4, -0.2) is 9.97 Å². The van der Waals surface area contributed by atoms with Gasteiger partial charge in [-0.25, -0.2) is 9.37 Å². The molecule has 0 unspecified atom stereocenters. The van der Waals surface area contributed by atoms with Crippen molar-refractivity contribution in [3.05, 3.63) is 41.0 Å². The van der Waals surface area contributed by atoms with Crippen LogP contribution in [0.2, 0.25) is 0 Å². The molecule has 0 bridgehead atoms. The van der Waals surface area contributed by atoms with Gasteiger partial charge in [0, 0.05) is 17.4 Å². The molecule has 0 aliphatic heterocycles. The SMILES string of the molecule is Cc1cc(C(C)C)nc(Oc2cc(C)c(N)cc2F)n1. The van der Waals surface area contributed by atoms with Crippen molar-refractivity contribution < 1.29 is 9.13 Å². The van der Waals surface area contributed by atoms with E-state index in [-0.39, 0.29) is 17.7 Å². The van der Waals surface area contributed by atoms with Crippen LogP contribution in [0.3, 0.4) is 0 Å². The molecular weight excluding hydrogens is 257 g/mol. The topological polar surface area (TPSA) is 61.0 Å². The lowest BCUT2D eigenvalue weighted by Gasteiger charge is -2.11. The van der Waals surface area contributed by atoms with E-state index in [2.05, 4.69) is 9.97 Å². The fourth-order valence-electron chi connectivity index (χ4n) is 1.75. The Kier molecular flexibility index (Phi) is 3.88. The first-order valence-electron chi connectivity index (χ1n) is 6.46. The van der Waals surface area contributed by atoms with Crippen molar-refractivity contribution in [1.82, 2.24) is 9.97 Å². The third kappa shape index (κ3) is 3.04. The summed E-state index contributed by atoms with van der Waals surface area (Å²) >= 11 is 0. The van der Waals surface area contributed by atoms with Gasteiger partial charge < -0.3 is 10.5 Å². The minimum absolute atomic E-state index is 0.0806. The predicted octanol–water partition coefficient (Wildman–Crippen LogP) is 3.73. The van der Waals surface area contributed by atoms with Crippen LogP contribution in [0.15, 0.2) is 18.2 Å². The van der Waals surface area contributed by atoms with Crippen LogP contribution in [0.25, 0.3) is 0 Å². The van der Waals surface area contributed by atoms with Crippen LogP contribution in [0.1, 0.15) is 36.7 Å². The molecule has 2 aromatic rings. The van der Waals surface area contributed by atoms with Gasteiger partial charge in [0.1, 0.15) is 0 Å². The maximum absolute atomic E-state index is 13.8. The summed E-state index contributed by atoms with van der Waals surface area (Å²) in [5, 5.41) is 0. The quantitative estimate of drug-likeness (QED) is 0.867. The molecule has 4 nitrogen and oxygen atoms in total. The summed E-state index contributed by atoms with van der Waals surface area (Å²) in [6.07, 6.45) is 0. The Balaban J connectivity index is 2.37. The second kappa shape index (κ2) is 5.45. The van der Waals surface area contributed by atoms with E-state index in [4.69, 9.17) is 10.5 Å². The van der Waals surface area contributed by atoms with E-state index in [1.807, 2.05) is 26.8 Å². The molecule has 0 spiro atoms. The summed E-state index contributed by atoms with van der Waals surface area (Å²) in [6, 6.07) is 4.83. The number of anilines is 1. The molecular formula is C15H18FN3O. The minimum atomic E-state index is -0.524. The van der Waals surface area contributed by atoms with Crippen molar-refractivity contribution in [2.24, 2.45) is 0 Å². The van der Waals surface area contributed by atoms with Gasteiger partial charge >= 0.3 is 6.01 Å². The van der Waals surface area contributed by atoms with E-state index in [9.17, 15) is 4.39 Å². The fourth-order valence-corrected chi connectivity index (χ4v) is 1.75. The van der Waals surface area contributed by atoms with Gasteiger partial charge in [-0.2, -0.15) is 4.98 Å². The zero-order chi connectivity index (χ0) is 14.9. The normalized spacial score (nSPS) is 10.9. The highest BCUT2D eigenvalue weighted by Gasteiger charge is 2.12. The number of nitrogens with zero attached hydrogens (tertiary/aromatic N) is 2. The number of hydrogen-bond acceptors (Lipinski definition) is 4. The van der Waals surface area contributed by atoms with Gasteiger partial charge in [-0.1, -0.05) is 13.8 Å². The molecule has 2 N–H and O–H groups in total. The molecule has 1 heterocycles. The number of aryl methyl sites for hydroxylation is 2. The lowest BCUT2D eigenvalue weighted by atomic mass is 10.1. The Bertz CT molecular complexity index is 641. The summed E-state index contributed by atoms with van der Waals surface area (Å²) in [5.41, 5.74) is 8.43. The molecule has 20 heavy (non-hydrogen) atoms. The van der Waals surface area contributed by atoms with Gasteiger partial charge in [-0.3, -0.25) is 0 Å². The van der Waals surface area contributed by atoms with Gasteiger partial charge in [0.2, 0.25) is 0 Å². The van der Waals surface area contributed by atoms with Crippen LogP contribution >= 0.6 is 0 Å². The van der Waals surface area contributed by atoms with Crippen LogP contribution < -0.4 is 10.5 Å². The highest BCUT2D eigenvalue weighted by atomic mass is 19.1. The summed E-state index contributed by atoms with van der Waals surface area (Å²) < 4.78 is 19.3. The van der Waals surface area contributed by atoms with Crippen molar-refractivity contribution >= 4 is 5.69 Å². The zero-order valence-electron chi connectivity index (χ0n) is 12.1. The van der Waals surface area contributed by atoms with Gasteiger partial charge in [-0.05, 0) is 37.5 Å². The first-order valence-corrected chi connectivity index (χ1v) is 6.46. The molecule has 5 heteroatoms. The number of ether oxygens (including phenoxy) is 1. The van der Waals surface area contributed by atoms with E-state index in [0.29, 0.717) is 5.69 Å². The number of hydrogen-bond donors (Lipinski definition) is 1. The number of nitrogen functional groups attached to an aromatic ring is 1. The molecule has 0 aliphatic rings. The van der Waals surface area contributed by atoms with E-state index >= 15 is 0 Å². The highest BCUT2D eigenvalue weighted by molar-refractivity contribution is 5.50. The van der Waals surface area contributed by atoms with Crippen molar-refractivity contribution in [1.29, 1.82) is 0 Å². The van der Waals surface area contributed by atoms with Crippen LogP contribution in [0.5, 0.6) is 11.8 Å². The number of benzene rings is 1. The molecule has 1 aromatic heterocycles. The van der Waals surface area contributed by atoms with E-state index in [1.165, 1.54) is 6.07 Å². The number of nitrogens with two attached hydrogens (primary N) is 1. The van der Waals surface area contributed by atoms with Gasteiger partial charge in [0.15, 0.2) is 11.6 Å². The van der Waals surface area contributed by atoms with Crippen molar-refractivity contribution in [3.63, 3.8) is 0 Å². The molecule has 0 aliphatic carbocycles. The maximum Gasteiger partial charge on any atom is 0.322 e.